The van der Waals surface area contributed by atoms with E-state index in [1.807, 2.05) is 36.5 Å². The van der Waals surface area contributed by atoms with E-state index in [2.05, 4.69) is 25.5 Å². The van der Waals surface area contributed by atoms with Gasteiger partial charge in [-0.1, -0.05) is 6.07 Å². The first-order chi connectivity index (χ1) is 11.3. The number of pyridine rings is 2. The van der Waals surface area contributed by atoms with Crippen molar-refractivity contribution in [2.75, 3.05) is 36.4 Å². The molecule has 0 saturated carbocycles. The molecule has 0 aliphatic carbocycles. The summed E-state index contributed by atoms with van der Waals surface area (Å²) in [6.07, 6.45) is 4.59. The van der Waals surface area contributed by atoms with Crippen molar-refractivity contribution in [3.8, 4) is 0 Å². The normalized spacial score (nSPS) is 14.5. The third-order valence-corrected chi connectivity index (χ3v) is 3.83. The van der Waals surface area contributed by atoms with E-state index in [4.69, 9.17) is 0 Å². The van der Waals surface area contributed by atoms with Crippen molar-refractivity contribution in [3.05, 3.63) is 48.4 Å². The van der Waals surface area contributed by atoms with Crippen LogP contribution in [-0.4, -0.2) is 42.1 Å². The van der Waals surface area contributed by atoms with Gasteiger partial charge in [-0.05, 0) is 30.7 Å². The smallest absolute Gasteiger partial charge is 0.225 e. The first-order valence-electron chi connectivity index (χ1n) is 7.93. The van der Waals surface area contributed by atoms with Gasteiger partial charge in [0.25, 0.3) is 0 Å². The van der Waals surface area contributed by atoms with Gasteiger partial charge in [0.15, 0.2) is 0 Å². The SMILES string of the molecule is O=C(CCc1ccccn1)Nc1ccc(N2CCNCC2)cn1. The molecule has 2 aromatic heterocycles. The highest BCUT2D eigenvalue weighted by atomic mass is 16.1. The molecule has 0 unspecified atom stereocenters. The monoisotopic (exact) mass is 311 g/mol. The van der Waals surface area contributed by atoms with Gasteiger partial charge in [0.1, 0.15) is 5.82 Å². The number of rotatable bonds is 5. The fraction of sp³-hybridized carbons (Fsp3) is 0.353. The van der Waals surface area contributed by atoms with E-state index in [1.54, 1.807) is 6.20 Å². The summed E-state index contributed by atoms with van der Waals surface area (Å²) in [5.41, 5.74) is 2.02. The second kappa shape index (κ2) is 7.69. The summed E-state index contributed by atoms with van der Waals surface area (Å²) in [6.45, 7) is 3.95. The molecular formula is C17H21N5O. The maximum atomic E-state index is 12.0. The Labute approximate surface area is 135 Å². The topological polar surface area (TPSA) is 70.2 Å². The Balaban J connectivity index is 1.50. The summed E-state index contributed by atoms with van der Waals surface area (Å²) >= 11 is 0. The summed E-state index contributed by atoms with van der Waals surface area (Å²) in [7, 11) is 0. The predicted octanol–water partition coefficient (Wildman–Crippen LogP) is 1.46. The Morgan fingerprint density at radius 2 is 2.04 bits per heavy atom. The number of hydrogen-bond acceptors (Lipinski definition) is 5. The number of nitrogens with one attached hydrogen (secondary N) is 2. The first-order valence-corrected chi connectivity index (χ1v) is 7.93. The van der Waals surface area contributed by atoms with Crippen LogP contribution in [0.5, 0.6) is 0 Å². The number of carbonyl (C=O) groups is 1. The molecule has 6 heteroatoms. The van der Waals surface area contributed by atoms with Gasteiger partial charge in [-0.15, -0.1) is 0 Å². The molecule has 0 bridgehead atoms. The average molecular weight is 311 g/mol. The minimum absolute atomic E-state index is 0.0434. The lowest BCUT2D eigenvalue weighted by Gasteiger charge is -2.29. The molecule has 2 aromatic rings. The number of nitrogens with zero attached hydrogens (tertiary/aromatic N) is 3. The third-order valence-electron chi connectivity index (χ3n) is 3.83. The van der Waals surface area contributed by atoms with E-state index < -0.39 is 0 Å². The Morgan fingerprint density at radius 1 is 1.17 bits per heavy atom. The second-order valence-corrected chi connectivity index (χ2v) is 5.51. The number of amides is 1. The number of aromatic nitrogens is 2. The van der Waals surface area contributed by atoms with Gasteiger partial charge < -0.3 is 15.5 Å². The van der Waals surface area contributed by atoms with E-state index >= 15 is 0 Å². The number of carbonyl (C=O) groups excluding carboxylic acids is 1. The Bertz CT molecular complexity index is 623. The fourth-order valence-electron chi connectivity index (χ4n) is 2.56. The van der Waals surface area contributed by atoms with Crippen LogP contribution in [0.15, 0.2) is 42.7 Å². The van der Waals surface area contributed by atoms with E-state index in [-0.39, 0.29) is 5.91 Å². The molecule has 2 N–H and O–H groups in total. The molecule has 0 radical (unpaired) electrons. The zero-order chi connectivity index (χ0) is 15.9. The summed E-state index contributed by atoms with van der Waals surface area (Å²) in [5.74, 6) is 0.549. The van der Waals surface area contributed by atoms with Gasteiger partial charge in [0, 0.05) is 44.5 Å². The van der Waals surface area contributed by atoms with Crippen LogP contribution in [0.3, 0.4) is 0 Å². The van der Waals surface area contributed by atoms with Crippen molar-refractivity contribution in [2.24, 2.45) is 0 Å². The Morgan fingerprint density at radius 3 is 2.74 bits per heavy atom. The van der Waals surface area contributed by atoms with Gasteiger partial charge in [-0.2, -0.15) is 0 Å². The van der Waals surface area contributed by atoms with Crippen molar-refractivity contribution in [3.63, 3.8) is 0 Å². The molecular weight excluding hydrogens is 290 g/mol. The lowest BCUT2D eigenvalue weighted by Crippen LogP contribution is -2.43. The summed E-state index contributed by atoms with van der Waals surface area (Å²) < 4.78 is 0. The standard InChI is InChI=1S/C17H21N5O/c23-17(7-4-14-3-1-2-8-19-14)21-16-6-5-15(13-20-16)22-11-9-18-10-12-22/h1-3,5-6,8,13,18H,4,7,9-12H2,(H,20,21,23). The third kappa shape index (κ3) is 4.50. The molecule has 6 nitrogen and oxygen atoms in total. The molecule has 0 aromatic carbocycles. The lowest BCUT2D eigenvalue weighted by atomic mass is 10.2. The minimum atomic E-state index is -0.0434. The molecule has 0 spiro atoms. The van der Waals surface area contributed by atoms with Crippen LogP contribution < -0.4 is 15.5 Å². The molecule has 23 heavy (non-hydrogen) atoms. The van der Waals surface area contributed by atoms with Crippen LogP contribution in [0.4, 0.5) is 11.5 Å². The van der Waals surface area contributed by atoms with Crippen LogP contribution in [-0.2, 0) is 11.2 Å². The van der Waals surface area contributed by atoms with Crippen molar-refractivity contribution >= 4 is 17.4 Å². The maximum absolute atomic E-state index is 12.0. The molecule has 3 heterocycles. The quantitative estimate of drug-likeness (QED) is 0.875. The summed E-state index contributed by atoms with van der Waals surface area (Å²) in [4.78, 5) is 22.8. The van der Waals surface area contributed by atoms with E-state index in [0.29, 0.717) is 18.7 Å². The molecule has 1 amide bonds. The molecule has 1 aliphatic heterocycles. The highest BCUT2D eigenvalue weighted by Crippen LogP contribution is 2.15. The molecule has 0 atom stereocenters. The number of aryl methyl sites for hydroxylation is 1. The molecule has 1 aliphatic rings. The highest BCUT2D eigenvalue weighted by Gasteiger charge is 2.11. The van der Waals surface area contributed by atoms with Crippen LogP contribution in [0, 0.1) is 0 Å². The molecule has 3 rings (SSSR count). The predicted molar refractivity (Wildman–Crippen MR) is 90.5 cm³/mol. The summed E-state index contributed by atoms with van der Waals surface area (Å²) in [6, 6.07) is 9.58. The number of anilines is 2. The maximum Gasteiger partial charge on any atom is 0.225 e. The molecule has 1 saturated heterocycles. The van der Waals surface area contributed by atoms with Crippen molar-refractivity contribution in [1.82, 2.24) is 15.3 Å². The fourth-order valence-corrected chi connectivity index (χ4v) is 2.56. The summed E-state index contributed by atoms with van der Waals surface area (Å²) in [5, 5.41) is 6.16. The highest BCUT2D eigenvalue weighted by molar-refractivity contribution is 5.89. The van der Waals surface area contributed by atoms with Crippen LogP contribution >= 0.6 is 0 Å². The molecule has 1 fully saturated rings. The Kier molecular flexibility index (Phi) is 5.16. The minimum Gasteiger partial charge on any atom is -0.368 e. The number of piperazine rings is 1. The first kappa shape index (κ1) is 15.4. The zero-order valence-corrected chi connectivity index (χ0v) is 13.0. The van der Waals surface area contributed by atoms with E-state index in [9.17, 15) is 4.79 Å². The van der Waals surface area contributed by atoms with Crippen molar-refractivity contribution in [1.29, 1.82) is 0 Å². The van der Waals surface area contributed by atoms with Gasteiger partial charge in [0.05, 0.1) is 11.9 Å². The second-order valence-electron chi connectivity index (χ2n) is 5.51. The van der Waals surface area contributed by atoms with Crippen LogP contribution in [0.25, 0.3) is 0 Å². The average Bonchev–Trinajstić information content (AvgIpc) is 2.62. The van der Waals surface area contributed by atoms with Crippen LogP contribution in [0.1, 0.15) is 12.1 Å². The van der Waals surface area contributed by atoms with Gasteiger partial charge in [-0.25, -0.2) is 4.98 Å². The molecule has 120 valence electrons. The van der Waals surface area contributed by atoms with Gasteiger partial charge in [0.2, 0.25) is 5.91 Å². The van der Waals surface area contributed by atoms with Crippen LogP contribution in [0.2, 0.25) is 0 Å². The Hall–Kier alpha value is -2.47. The number of hydrogen-bond donors (Lipinski definition) is 2. The van der Waals surface area contributed by atoms with E-state index in [0.717, 1.165) is 37.6 Å². The van der Waals surface area contributed by atoms with Crippen molar-refractivity contribution < 1.29 is 4.79 Å². The lowest BCUT2D eigenvalue weighted by molar-refractivity contribution is -0.116. The van der Waals surface area contributed by atoms with Crippen molar-refractivity contribution in [2.45, 2.75) is 12.8 Å². The van der Waals surface area contributed by atoms with E-state index in [1.165, 1.54) is 0 Å². The van der Waals surface area contributed by atoms with Gasteiger partial charge >= 0.3 is 0 Å². The zero-order valence-electron chi connectivity index (χ0n) is 13.0. The van der Waals surface area contributed by atoms with Gasteiger partial charge in [-0.3, -0.25) is 9.78 Å². The largest absolute Gasteiger partial charge is 0.368 e.